The molecule has 2 heterocycles. The minimum atomic E-state index is 1.18. The van der Waals surface area contributed by atoms with Gasteiger partial charge in [0.15, 0.2) is 0 Å². The molecule has 0 radical (unpaired) electrons. The summed E-state index contributed by atoms with van der Waals surface area (Å²) in [5, 5.41) is 20.6. The molecule has 0 spiro atoms. The Morgan fingerprint density at radius 3 is 1.02 bits per heavy atom. The van der Waals surface area contributed by atoms with Crippen LogP contribution < -0.4 is 0 Å². The largest absolute Gasteiger partial charge is 0.354 e. The number of rotatable bonds is 0. The van der Waals surface area contributed by atoms with E-state index in [0.717, 1.165) is 0 Å². The van der Waals surface area contributed by atoms with Crippen molar-refractivity contribution in [3.63, 3.8) is 0 Å². The summed E-state index contributed by atoms with van der Waals surface area (Å²) in [6, 6.07) is 49.5. The molecular formula is C42H24N2. The summed E-state index contributed by atoms with van der Waals surface area (Å²) in [5.41, 5.74) is 4.72. The quantitative estimate of drug-likeness (QED) is 0.138. The molecule has 2 nitrogen and oxygen atoms in total. The monoisotopic (exact) mass is 556 g/mol. The van der Waals surface area contributed by atoms with E-state index >= 15 is 0 Å². The first-order valence-electron chi connectivity index (χ1n) is 15.3. The standard InChI is InChI=1S/C42H24N2/c1-3-7-25-21-33-27(19-23(25)5-1)9-15-35-41(33)39-31-11-12-32-30(29(31)13-17-37(39)43-35)14-18-38-40(32)42-34-22-26-8-4-2-6-24(26)20-28(34)10-16-36(42)44-38/h1-22,43-44H. The topological polar surface area (TPSA) is 31.6 Å². The molecule has 0 fully saturated rings. The van der Waals surface area contributed by atoms with E-state index in [4.69, 9.17) is 0 Å². The highest BCUT2D eigenvalue weighted by Crippen LogP contribution is 2.43. The zero-order valence-corrected chi connectivity index (χ0v) is 23.7. The molecule has 2 heteroatoms. The van der Waals surface area contributed by atoms with Crippen molar-refractivity contribution in [2.45, 2.75) is 0 Å². The molecule has 0 bridgehead atoms. The number of benzene rings is 9. The highest BCUT2D eigenvalue weighted by molar-refractivity contribution is 6.34. The molecular weight excluding hydrogens is 532 g/mol. The summed E-state index contributed by atoms with van der Waals surface area (Å²) in [6.07, 6.45) is 0. The number of aromatic amines is 2. The van der Waals surface area contributed by atoms with Crippen LogP contribution in [0.25, 0.3) is 108 Å². The first-order chi connectivity index (χ1) is 21.8. The molecule has 0 saturated heterocycles. The first-order valence-corrected chi connectivity index (χ1v) is 15.3. The zero-order chi connectivity index (χ0) is 28.5. The summed E-state index contributed by atoms with van der Waals surface area (Å²) in [6.45, 7) is 0. The summed E-state index contributed by atoms with van der Waals surface area (Å²) < 4.78 is 0. The summed E-state index contributed by atoms with van der Waals surface area (Å²) >= 11 is 0. The molecule has 9 aromatic carbocycles. The van der Waals surface area contributed by atoms with Crippen LogP contribution in [0.3, 0.4) is 0 Å². The van der Waals surface area contributed by atoms with Crippen LogP contribution in [0.1, 0.15) is 0 Å². The fourth-order valence-electron chi connectivity index (χ4n) is 8.03. The van der Waals surface area contributed by atoms with E-state index in [0.29, 0.717) is 0 Å². The van der Waals surface area contributed by atoms with Crippen LogP contribution in [0.15, 0.2) is 133 Å². The van der Waals surface area contributed by atoms with Crippen molar-refractivity contribution in [1.29, 1.82) is 0 Å². The molecule has 2 aromatic heterocycles. The maximum Gasteiger partial charge on any atom is 0.0471 e. The van der Waals surface area contributed by atoms with Crippen LogP contribution in [0.4, 0.5) is 0 Å². The van der Waals surface area contributed by atoms with Crippen LogP contribution in [-0.4, -0.2) is 9.97 Å². The van der Waals surface area contributed by atoms with E-state index in [-0.39, 0.29) is 0 Å². The van der Waals surface area contributed by atoms with E-state index in [9.17, 15) is 0 Å². The zero-order valence-electron chi connectivity index (χ0n) is 23.7. The minimum Gasteiger partial charge on any atom is -0.354 e. The average molecular weight is 557 g/mol. The number of H-pyrrole nitrogens is 2. The van der Waals surface area contributed by atoms with Crippen molar-refractivity contribution in [3.05, 3.63) is 133 Å². The molecule has 2 N–H and O–H groups in total. The van der Waals surface area contributed by atoms with Crippen LogP contribution in [0, 0.1) is 0 Å². The average Bonchev–Trinajstić information content (AvgIpc) is 3.65. The van der Waals surface area contributed by atoms with Gasteiger partial charge in [-0.15, -0.1) is 0 Å². The summed E-state index contributed by atoms with van der Waals surface area (Å²) in [5.74, 6) is 0. The second-order valence-corrected chi connectivity index (χ2v) is 12.3. The van der Waals surface area contributed by atoms with Gasteiger partial charge in [-0.3, -0.25) is 0 Å². The molecule has 202 valence electrons. The SMILES string of the molecule is c1ccc2cc3c(ccc4[nH]c5ccc6c7ccc8[nH]c9ccc%10cc%11ccccc%11cc%10c9c8c7ccc6c5c43)cc2c1. The lowest BCUT2D eigenvalue weighted by Crippen LogP contribution is -1.82. The van der Waals surface area contributed by atoms with E-state index in [1.807, 2.05) is 0 Å². The van der Waals surface area contributed by atoms with Crippen LogP contribution in [0.2, 0.25) is 0 Å². The molecule has 0 unspecified atom stereocenters. The van der Waals surface area contributed by atoms with Gasteiger partial charge in [0.05, 0.1) is 0 Å². The van der Waals surface area contributed by atoms with E-state index in [1.54, 1.807) is 0 Å². The number of hydrogen-bond acceptors (Lipinski definition) is 0. The Kier molecular flexibility index (Phi) is 4.10. The Bertz CT molecular complexity index is 2840. The normalized spacial score (nSPS) is 12.5. The molecule has 11 rings (SSSR count). The van der Waals surface area contributed by atoms with Gasteiger partial charge in [0, 0.05) is 43.6 Å². The van der Waals surface area contributed by atoms with Crippen molar-refractivity contribution >= 4 is 108 Å². The van der Waals surface area contributed by atoms with Gasteiger partial charge in [-0.05, 0) is 113 Å². The first kappa shape index (κ1) is 22.7. The third-order valence-electron chi connectivity index (χ3n) is 10.0. The predicted octanol–water partition coefficient (Wildman–Crippen LogP) is 11.9. The third-order valence-corrected chi connectivity index (χ3v) is 10.0. The van der Waals surface area contributed by atoms with Crippen LogP contribution in [0.5, 0.6) is 0 Å². The molecule has 11 aromatic rings. The Morgan fingerprint density at radius 1 is 0.250 bits per heavy atom. The number of fused-ring (bicyclic) bond motifs is 17. The number of hydrogen-bond donors (Lipinski definition) is 2. The van der Waals surface area contributed by atoms with Gasteiger partial charge in [-0.2, -0.15) is 0 Å². The second-order valence-electron chi connectivity index (χ2n) is 12.3. The Hall–Kier alpha value is -5.86. The van der Waals surface area contributed by atoms with E-state index in [1.165, 1.54) is 108 Å². The summed E-state index contributed by atoms with van der Waals surface area (Å²) in [7, 11) is 0. The van der Waals surface area contributed by atoms with Gasteiger partial charge in [0.25, 0.3) is 0 Å². The third kappa shape index (κ3) is 2.85. The van der Waals surface area contributed by atoms with Gasteiger partial charge in [-0.1, -0.05) is 84.9 Å². The highest BCUT2D eigenvalue weighted by Gasteiger charge is 2.17. The lowest BCUT2D eigenvalue weighted by atomic mass is 9.93. The van der Waals surface area contributed by atoms with Crippen molar-refractivity contribution in [3.8, 4) is 0 Å². The second kappa shape index (κ2) is 7.94. The van der Waals surface area contributed by atoms with Crippen molar-refractivity contribution in [2.24, 2.45) is 0 Å². The molecule has 0 aliphatic carbocycles. The molecule has 0 aliphatic rings. The molecule has 0 aliphatic heterocycles. The van der Waals surface area contributed by atoms with Crippen molar-refractivity contribution in [1.82, 2.24) is 9.97 Å². The molecule has 0 saturated carbocycles. The van der Waals surface area contributed by atoms with Gasteiger partial charge in [-0.25, -0.2) is 0 Å². The predicted molar refractivity (Wildman–Crippen MR) is 190 cm³/mol. The van der Waals surface area contributed by atoms with Gasteiger partial charge >= 0.3 is 0 Å². The summed E-state index contributed by atoms with van der Waals surface area (Å²) in [4.78, 5) is 7.48. The van der Waals surface area contributed by atoms with E-state index in [2.05, 4.69) is 143 Å². The fraction of sp³-hybridized carbons (Fsp3) is 0. The van der Waals surface area contributed by atoms with Crippen molar-refractivity contribution in [2.75, 3.05) is 0 Å². The van der Waals surface area contributed by atoms with Crippen LogP contribution in [-0.2, 0) is 0 Å². The maximum atomic E-state index is 3.74. The smallest absolute Gasteiger partial charge is 0.0471 e. The van der Waals surface area contributed by atoms with E-state index < -0.39 is 0 Å². The number of nitrogens with one attached hydrogen (secondary N) is 2. The number of aromatic nitrogens is 2. The molecule has 0 atom stereocenters. The Morgan fingerprint density at radius 2 is 0.591 bits per heavy atom. The van der Waals surface area contributed by atoms with Crippen molar-refractivity contribution < 1.29 is 0 Å². The maximum absolute atomic E-state index is 3.74. The van der Waals surface area contributed by atoms with Gasteiger partial charge in [0.1, 0.15) is 0 Å². The van der Waals surface area contributed by atoms with Gasteiger partial charge < -0.3 is 9.97 Å². The lowest BCUT2D eigenvalue weighted by Gasteiger charge is -2.09. The molecule has 44 heavy (non-hydrogen) atoms. The van der Waals surface area contributed by atoms with Gasteiger partial charge in [0.2, 0.25) is 0 Å². The fourth-order valence-corrected chi connectivity index (χ4v) is 8.03. The molecule has 0 amide bonds. The Labute approximate surface area is 251 Å². The minimum absolute atomic E-state index is 1.18. The van der Waals surface area contributed by atoms with Crippen LogP contribution >= 0.6 is 0 Å². The Balaban J connectivity index is 1.29. The lowest BCUT2D eigenvalue weighted by molar-refractivity contribution is 1.55. The highest BCUT2D eigenvalue weighted by atomic mass is 14.7.